The molecular formula is C29H37NO2. The number of rotatable bonds is 2. The number of allylic oxidation sites excluding steroid dienone is 4. The molecule has 5 atom stereocenters. The molecule has 1 spiro atoms. The van der Waals surface area contributed by atoms with Crippen LogP contribution in [0.1, 0.15) is 76.2 Å². The molecule has 1 saturated heterocycles. The lowest BCUT2D eigenvalue weighted by Crippen LogP contribution is -2.51. The number of fused-ring (bicyclic) bond motifs is 5. The van der Waals surface area contributed by atoms with Gasteiger partial charge in [0.15, 0.2) is 5.78 Å². The van der Waals surface area contributed by atoms with Gasteiger partial charge in [-0.3, -0.25) is 4.79 Å². The molecule has 3 heteroatoms. The lowest BCUT2D eigenvalue weighted by molar-refractivity contribution is -0.114. The minimum absolute atomic E-state index is 0.0916. The molecule has 0 aromatic heterocycles. The van der Waals surface area contributed by atoms with E-state index >= 15 is 0 Å². The number of hydrogen-bond acceptors (Lipinski definition) is 3. The van der Waals surface area contributed by atoms with Crippen LogP contribution < -0.4 is 4.90 Å². The summed E-state index contributed by atoms with van der Waals surface area (Å²) < 4.78 is 6.63. The Kier molecular flexibility index (Phi) is 4.74. The maximum Gasteiger partial charge on any atom is 0.156 e. The quantitative estimate of drug-likeness (QED) is 0.558. The van der Waals surface area contributed by atoms with Crippen LogP contribution in [0.5, 0.6) is 0 Å². The number of ether oxygens (including phenoxy) is 1. The van der Waals surface area contributed by atoms with Crippen LogP contribution in [0.2, 0.25) is 0 Å². The summed E-state index contributed by atoms with van der Waals surface area (Å²) in [6.07, 6.45) is 12.1. The molecule has 170 valence electrons. The first-order valence-corrected chi connectivity index (χ1v) is 12.8. The summed E-state index contributed by atoms with van der Waals surface area (Å²) in [5.74, 6) is 2.15. The first-order chi connectivity index (χ1) is 15.4. The Bertz CT molecular complexity index is 994. The van der Waals surface area contributed by atoms with Crippen LogP contribution in [-0.4, -0.2) is 32.1 Å². The predicted molar refractivity (Wildman–Crippen MR) is 129 cm³/mol. The zero-order chi connectivity index (χ0) is 22.1. The molecule has 1 aromatic rings. The van der Waals surface area contributed by atoms with Crippen LogP contribution in [0.15, 0.2) is 47.1 Å². The van der Waals surface area contributed by atoms with Crippen molar-refractivity contribution in [2.75, 3.05) is 25.6 Å². The third-order valence-corrected chi connectivity index (χ3v) is 9.94. The highest BCUT2D eigenvalue weighted by Crippen LogP contribution is 2.69. The molecule has 3 fully saturated rings. The Labute approximate surface area is 192 Å². The monoisotopic (exact) mass is 431 g/mol. The Balaban J connectivity index is 1.50. The van der Waals surface area contributed by atoms with E-state index in [1.807, 2.05) is 6.08 Å². The molecule has 0 radical (unpaired) electrons. The molecule has 0 bridgehead atoms. The van der Waals surface area contributed by atoms with E-state index in [9.17, 15) is 4.79 Å². The predicted octanol–water partition coefficient (Wildman–Crippen LogP) is 6.20. The summed E-state index contributed by atoms with van der Waals surface area (Å²) in [7, 11) is 4.22. The third-order valence-electron chi connectivity index (χ3n) is 9.94. The molecular weight excluding hydrogens is 394 g/mol. The van der Waals surface area contributed by atoms with Crippen molar-refractivity contribution in [1.82, 2.24) is 0 Å². The van der Waals surface area contributed by atoms with Crippen molar-refractivity contribution in [2.24, 2.45) is 17.3 Å². The summed E-state index contributed by atoms with van der Waals surface area (Å²) >= 11 is 0. The standard InChI is InChI=1S/C29H37NO2/c1-28-18-25(19-5-8-21(9-6-19)30(2)3)27-23-12-10-22(31)17-20(23)7-11-24(27)26(28)13-15-29(28)14-4-16-32-29/h5-6,8-9,17,24-26H,4,7,10-16,18H2,1-3H3/t24-,25+,26+,28-,29+/m0/s1. The Morgan fingerprint density at radius 3 is 2.56 bits per heavy atom. The van der Waals surface area contributed by atoms with Crippen molar-refractivity contribution in [3.05, 3.63) is 52.6 Å². The third kappa shape index (κ3) is 2.86. The van der Waals surface area contributed by atoms with E-state index in [-0.39, 0.29) is 11.0 Å². The molecule has 5 aliphatic rings. The normalized spacial score (nSPS) is 38.4. The zero-order valence-electron chi connectivity index (χ0n) is 20.0. The number of anilines is 1. The minimum atomic E-state index is 0.0916. The van der Waals surface area contributed by atoms with Gasteiger partial charge in [-0.1, -0.05) is 24.6 Å². The van der Waals surface area contributed by atoms with Gasteiger partial charge in [0.1, 0.15) is 0 Å². The van der Waals surface area contributed by atoms with Crippen molar-refractivity contribution in [2.45, 2.75) is 76.2 Å². The summed E-state index contributed by atoms with van der Waals surface area (Å²) in [4.78, 5) is 14.4. The second kappa shape index (κ2) is 7.32. The summed E-state index contributed by atoms with van der Waals surface area (Å²) in [5.41, 5.74) is 7.66. The van der Waals surface area contributed by atoms with Gasteiger partial charge >= 0.3 is 0 Å². The van der Waals surface area contributed by atoms with Gasteiger partial charge < -0.3 is 9.64 Å². The highest BCUT2D eigenvalue weighted by molar-refractivity contribution is 5.93. The number of hydrogen-bond donors (Lipinski definition) is 0. The van der Waals surface area contributed by atoms with Crippen molar-refractivity contribution in [3.8, 4) is 0 Å². The van der Waals surface area contributed by atoms with E-state index in [1.54, 1.807) is 11.1 Å². The molecule has 32 heavy (non-hydrogen) atoms. The van der Waals surface area contributed by atoms with Gasteiger partial charge in [0.05, 0.1) is 5.60 Å². The number of ketones is 1. The van der Waals surface area contributed by atoms with Gasteiger partial charge in [-0.2, -0.15) is 0 Å². The van der Waals surface area contributed by atoms with Crippen LogP contribution in [0.4, 0.5) is 5.69 Å². The van der Waals surface area contributed by atoms with E-state index < -0.39 is 0 Å². The lowest BCUT2D eigenvalue weighted by atomic mass is 9.51. The molecule has 0 amide bonds. The lowest BCUT2D eigenvalue weighted by Gasteiger charge is -2.55. The van der Waals surface area contributed by atoms with E-state index in [2.05, 4.69) is 50.2 Å². The molecule has 2 saturated carbocycles. The molecule has 3 nitrogen and oxygen atoms in total. The van der Waals surface area contributed by atoms with Crippen LogP contribution in [0.3, 0.4) is 0 Å². The molecule has 1 heterocycles. The van der Waals surface area contributed by atoms with Crippen LogP contribution in [0, 0.1) is 17.3 Å². The zero-order valence-corrected chi connectivity index (χ0v) is 20.0. The maximum atomic E-state index is 12.2. The fourth-order valence-corrected chi connectivity index (χ4v) is 8.39. The van der Waals surface area contributed by atoms with Crippen LogP contribution in [-0.2, 0) is 9.53 Å². The Morgan fingerprint density at radius 2 is 1.84 bits per heavy atom. The SMILES string of the molecule is CN(C)c1ccc([C@H]2C[C@@]3(C)[C@H](CC[C@]34CCCO4)[C@@H]3CCC4=CC(=O)CCC4=C32)cc1. The first kappa shape index (κ1) is 20.7. The highest BCUT2D eigenvalue weighted by atomic mass is 16.5. The summed E-state index contributed by atoms with van der Waals surface area (Å²) in [5, 5.41) is 0. The van der Waals surface area contributed by atoms with E-state index in [0.717, 1.165) is 25.4 Å². The molecule has 0 N–H and O–H groups in total. The smallest absolute Gasteiger partial charge is 0.156 e. The maximum absolute atomic E-state index is 12.2. The van der Waals surface area contributed by atoms with Crippen molar-refractivity contribution in [3.63, 3.8) is 0 Å². The fourth-order valence-electron chi connectivity index (χ4n) is 8.39. The van der Waals surface area contributed by atoms with Gasteiger partial charge in [-0.25, -0.2) is 0 Å². The first-order valence-electron chi connectivity index (χ1n) is 12.8. The van der Waals surface area contributed by atoms with Gasteiger partial charge in [0.2, 0.25) is 0 Å². The van der Waals surface area contributed by atoms with Gasteiger partial charge in [-0.15, -0.1) is 0 Å². The van der Waals surface area contributed by atoms with Crippen molar-refractivity contribution >= 4 is 11.5 Å². The van der Waals surface area contributed by atoms with Crippen LogP contribution in [0.25, 0.3) is 0 Å². The van der Waals surface area contributed by atoms with Crippen molar-refractivity contribution in [1.29, 1.82) is 0 Å². The Hall–Kier alpha value is -1.87. The van der Waals surface area contributed by atoms with E-state index in [1.165, 1.54) is 55.3 Å². The highest BCUT2D eigenvalue weighted by Gasteiger charge is 2.64. The average molecular weight is 432 g/mol. The van der Waals surface area contributed by atoms with E-state index in [0.29, 0.717) is 24.0 Å². The summed E-state index contributed by atoms with van der Waals surface area (Å²) in [6.45, 7) is 3.52. The molecule has 0 unspecified atom stereocenters. The number of nitrogens with zero attached hydrogens (tertiary/aromatic N) is 1. The van der Waals surface area contributed by atoms with Crippen LogP contribution >= 0.6 is 0 Å². The largest absolute Gasteiger partial charge is 0.378 e. The molecule has 1 aliphatic heterocycles. The van der Waals surface area contributed by atoms with Gasteiger partial charge in [0, 0.05) is 44.1 Å². The molecule has 4 aliphatic carbocycles. The Morgan fingerprint density at radius 1 is 1.03 bits per heavy atom. The van der Waals surface area contributed by atoms with Crippen molar-refractivity contribution < 1.29 is 9.53 Å². The number of benzene rings is 1. The fraction of sp³-hybridized carbons (Fsp3) is 0.621. The minimum Gasteiger partial charge on any atom is -0.378 e. The molecule has 1 aromatic carbocycles. The van der Waals surface area contributed by atoms with Gasteiger partial charge in [0.25, 0.3) is 0 Å². The molecule has 6 rings (SSSR count). The topological polar surface area (TPSA) is 29.5 Å². The summed E-state index contributed by atoms with van der Waals surface area (Å²) in [6, 6.07) is 9.31. The van der Waals surface area contributed by atoms with Gasteiger partial charge in [-0.05, 0) is 98.1 Å². The number of carbonyl (C=O) groups is 1. The number of carbonyl (C=O) groups excluding carboxylic acids is 1. The van der Waals surface area contributed by atoms with E-state index in [4.69, 9.17) is 4.74 Å². The second-order valence-corrected chi connectivity index (χ2v) is 11.5. The average Bonchev–Trinajstić information content (AvgIpc) is 3.39. The second-order valence-electron chi connectivity index (χ2n) is 11.5.